The summed E-state index contributed by atoms with van der Waals surface area (Å²) in [4.78, 5) is 25.3. The number of carbonyl (C=O) groups excluding carboxylic acids is 2. The van der Waals surface area contributed by atoms with Crippen molar-refractivity contribution in [2.75, 3.05) is 18.7 Å². The van der Waals surface area contributed by atoms with E-state index < -0.39 is 12.0 Å². The molecule has 9 nitrogen and oxygen atoms in total. The summed E-state index contributed by atoms with van der Waals surface area (Å²) >= 11 is 0. The molecule has 1 atom stereocenters. The van der Waals surface area contributed by atoms with Gasteiger partial charge < -0.3 is 14.8 Å². The lowest BCUT2D eigenvalue weighted by molar-refractivity contribution is -0.135. The number of carbonyl (C=O) groups is 2. The number of methoxy groups -OCH3 is 1. The van der Waals surface area contributed by atoms with Crippen LogP contribution in [0, 0.1) is 0 Å². The van der Waals surface area contributed by atoms with E-state index in [1.165, 1.54) is 0 Å². The maximum absolute atomic E-state index is 13.0. The number of benzene rings is 2. The van der Waals surface area contributed by atoms with Gasteiger partial charge in [0.05, 0.1) is 37.3 Å². The van der Waals surface area contributed by atoms with Gasteiger partial charge >= 0.3 is 5.97 Å². The van der Waals surface area contributed by atoms with Gasteiger partial charge in [-0.15, -0.1) is 0 Å². The number of hydrogen-bond donors (Lipinski definition) is 1. The topological polar surface area (TPSA) is 98.1 Å². The third-order valence-corrected chi connectivity index (χ3v) is 5.17. The van der Waals surface area contributed by atoms with Crippen molar-refractivity contribution < 1.29 is 19.1 Å². The van der Waals surface area contributed by atoms with E-state index >= 15 is 0 Å². The number of rotatable bonds is 8. The fraction of sp³-hybridized carbons (Fsp3) is 0.250. The number of amides is 1. The van der Waals surface area contributed by atoms with Crippen molar-refractivity contribution in [3.63, 3.8) is 0 Å². The quantitative estimate of drug-likeness (QED) is 0.533. The maximum atomic E-state index is 13.0. The third kappa shape index (κ3) is 5.03. The van der Waals surface area contributed by atoms with Crippen molar-refractivity contribution in [3.05, 3.63) is 72.6 Å². The van der Waals surface area contributed by atoms with Crippen LogP contribution >= 0.6 is 0 Å². The van der Waals surface area contributed by atoms with Crippen molar-refractivity contribution >= 4 is 23.3 Å². The van der Waals surface area contributed by atoms with E-state index in [-0.39, 0.29) is 31.2 Å². The summed E-state index contributed by atoms with van der Waals surface area (Å²) in [6.07, 6.45) is 2.00. The van der Waals surface area contributed by atoms with Gasteiger partial charge in [-0.1, -0.05) is 18.2 Å². The zero-order chi connectivity index (χ0) is 23.2. The first kappa shape index (κ1) is 22.1. The van der Waals surface area contributed by atoms with E-state index in [0.717, 1.165) is 17.1 Å². The number of esters is 1. The second-order valence-corrected chi connectivity index (χ2v) is 7.33. The second kappa shape index (κ2) is 9.99. The monoisotopic (exact) mass is 447 g/mol. The molecule has 0 saturated carbocycles. The molecule has 1 amide bonds. The molecule has 1 unspecified atom stereocenters. The normalized spacial score (nSPS) is 15.2. The number of aromatic nitrogens is 2. The van der Waals surface area contributed by atoms with Crippen LogP contribution in [0.2, 0.25) is 0 Å². The summed E-state index contributed by atoms with van der Waals surface area (Å²) in [5.74, 6) is 0.00944. The first-order valence-electron chi connectivity index (χ1n) is 10.6. The molecule has 170 valence electrons. The van der Waals surface area contributed by atoms with Crippen LogP contribution in [-0.4, -0.2) is 47.1 Å². The van der Waals surface area contributed by atoms with E-state index in [1.54, 1.807) is 23.7 Å². The van der Waals surface area contributed by atoms with E-state index in [4.69, 9.17) is 9.47 Å². The number of anilines is 1. The molecule has 3 aromatic rings. The Labute approximate surface area is 191 Å². The molecule has 0 fully saturated rings. The van der Waals surface area contributed by atoms with Crippen molar-refractivity contribution in [2.45, 2.75) is 25.9 Å². The van der Waals surface area contributed by atoms with Gasteiger partial charge in [0.1, 0.15) is 17.5 Å². The molecule has 0 spiro atoms. The molecular weight excluding hydrogens is 422 g/mol. The Morgan fingerprint density at radius 1 is 1.06 bits per heavy atom. The van der Waals surface area contributed by atoms with Crippen molar-refractivity contribution in [2.24, 2.45) is 5.10 Å². The van der Waals surface area contributed by atoms with Gasteiger partial charge in [0, 0.05) is 12.6 Å². The molecule has 0 bridgehead atoms. The van der Waals surface area contributed by atoms with Gasteiger partial charge in [-0.05, 0) is 49.4 Å². The molecule has 1 N–H and O–H groups in total. The number of ether oxygens (including phenoxy) is 2. The standard InChI is InChI=1S/C24H25N5O4/c1-3-33-24(31)21-15-22(29(27-21)19-7-5-4-6-8-19)23(30)25-16-17-13-14-28(26-17)18-9-11-20(32-2)12-10-18/h4-14,22H,3,15-16H2,1-2H3,(H,25,30). The summed E-state index contributed by atoms with van der Waals surface area (Å²) in [5, 5.41) is 13.4. The van der Waals surface area contributed by atoms with Crippen LogP contribution < -0.4 is 15.1 Å². The Bertz CT molecular complexity index is 1140. The molecule has 2 aromatic carbocycles. The minimum Gasteiger partial charge on any atom is -0.497 e. The smallest absolute Gasteiger partial charge is 0.354 e. The SMILES string of the molecule is CCOC(=O)C1=NN(c2ccccc2)C(C(=O)NCc2ccn(-c3ccc(OC)cc3)n2)C1. The highest BCUT2D eigenvalue weighted by Crippen LogP contribution is 2.25. The van der Waals surface area contributed by atoms with Crippen molar-refractivity contribution in [3.8, 4) is 11.4 Å². The van der Waals surface area contributed by atoms with Gasteiger partial charge in [-0.25, -0.2) is 9.48 Å². The van der Waals surface area contributed by atoms with Crippen molar-refractivity contribution in [1.29, 1.82) is 0 Å². The molecule has 0 aliphatic carbocycles. The van der Waals surface area contributed by atoms with Crippen LogP contribution in [0.15, 0.2) is 72.0 Å². The fourth-order valence-corrected chi connectivity index (χ4v) is 3.50. The Morgan fingerprint density at radius 2 is 1.82 bits per heavy atom. The van der Waals surface area contributed by atoms with Gasteiger partial charge in [0.25, 0.3) is 0 Å². The summed E-state index contributed by atoms with van der Waals surface area (Å²) in [5.41, 5.74) is 2.53. The zero-order valence-corrected chi connectivity index (χ0v) is 18.5. The number of nitrogens with zero attached hydrogens (tertiary/aromatic N) is 4. The molecule has 1 aliphatic rings. The number of para-hydroxylation sites is 1. The highest BCUT2D eigenvalue weighted by molar-refractivity contribution is 6.38. The predicted octanol–water partition coefficient (Wildman–Crippen LogP) is 2.70. The van der Waals surface area contributed by atoms with E-state index in [9.17, 15) is 9.59 Å². The van der Waals surface area contributed by atoms with E-state index in [0.29, 0.717) is 5.69 Å². The lowest BCUT2D eigenvalue weighted by Gasteiger charge is -2.22. The summed E-state index contributed by atoms with van der Waals surface area (Å²) in [6.45, 7) is 2.23. The average Bonchev–Trinajstić information content (AvgIpc) is 3.51. The maximum Gasteiger partial charge on any atom is 0.354 e. The molecule has 9 heteroatoms. The van der Waals surface area contributed by atoms with Crippen LogP contribution in [0.1, 0.15) is 19.0 Å². The Kier molecular flexibility index (Phi) is 6.68. The molecule has 1 aliphatic heterocycles. The van der Waals surface area contributed by atoms with Gasteiger partial charge in [-0.2, -0.15) is 10.2 Å². The molecule has 2 heterocycles. The summed E-state index contributed by atoms with van der Waals surface area (Å²) in [7, 11) is 1.62. The molecule has 1 aromatic heterocycles. The number of nitrogens with one attached hydrogen (secondary N) is 1. The summed E-state index contributed by atoms with van der Waals surface area (Å²) < 4.78 is 12.0. The van der Waals surface area contributed by atoms with E-state index in [1.807, 2.05) is 66.9 Å². The number of hydrogen-bond acceptors (Lipinski definition) is 7. The number of hydrazone groups is 1. The van der Waals surface area contributed by atoms with Crippen LogP contribution in [0.4, 0.5) is 5.69 Å². The fourth-order valence-electron chi connectivity index (χ4n) is 3.50. The van der Waals surface area contributed by atoms with Crippen LogP contribution in [-0.2, 0) is 20.9 Å². The molecule has 0 radical (unpaired) electrons. The molecular formula is C24H25N5O4. The first-order chi connectivity index (χ1) is 16.1. The highest BCUT2D eigenvalue weighted by atomic mass is 16.5. The van der Waals surface area contributed by atoms with Gasteiger partial charge in [0.2, 0.25) is 5.91 Å². The molecule has 0 saturated heterocycles. The van der Waals surface area contributed by atoms with Crippen molar-refractivity contribution in [1.82, 2.24) is 15.1 Å². The van der Waals surface area contributed by atoms with Crippen LogP contribution in [0.3, 0.4) is 0 Å². The second-order valence-electron chi connectivity index (χ2n) is 7.33. The van der Waals surface area contributed by atoms with Crippen LogP contribution in [0.25, 0.3) is 5.69 Å². The summed E-state index contributed by atoms with van der Waals surface area (Å²) in [6, 6.07) is 18.0. The third-order valence-electron chi connectivity index (χ3n) is 5.17. The predicted molar refractivity (Wildman–Crippen MR) is 123 cm³/mol. The van der Waals surface area contributed by atoms with Gasteiger partial charge in [-0.3, -0.25) is 9.80 Å². The minimum atomic E-state index is -0.657. The largest absolute Gasteiger partial charge is 0.497 e. The molecule has 33 heavy (non-hydrogen) atoms. The van der Waals surface area contributed by atoms with Gasteiger partial charge in [0.15, 0.2) is 0 Å². The zero-order valence-electron chi connectivity index (χ0n) is 18.5. The Balaban J connectivity index is 1.44. The Morgan fingerprint density at radius 3 is 2.52 bits per heavy atom. The highest BCUT2D eigenvalue weighted by Gasteiger charge is 2.36. The minimum absolute atomic E-state index is 0.167. The first-order valence-corrected chi connectivity index (χ1v) is 10.6. The average molecular weight is 447 g/mol. The van der Waals surface area contributed by atoms with Crippen LogP contribution in [0.5, 0.6) is 5.75 Å². The lowest BCUT2D eigenvalue weighted by atomic mass is 10.1. The Hall–Kier alpha value is -4.14. The lowest BCUT2D eigenvalue weighted by Crippen LogP contribution is -2.42. The molecule has 4 rings (SSSR count). The van der Waals surface area contributed by atoms with E-state index in [2.05, 4.69) is 15.5 Å².